The first kappa shape index (κ1) is 18.9. The third kappa shape index (κ3) is 4.07. The summed E-state index contributed by atoms with van der Waals surface area (Å²) in [6.07, 6.45) is 3.11. The molecule has 7 nitrogen and oxygen atoms in total. The number of carbonyl (C=O) groups is 1. The molecule has 0 spiro atoms. The average Bonchev–Trinajstić information content (AvgIpc) is 3.19. The highest BCUT2D eigenvalue weighted by atomic mass is 32.2. The molecule has 0 saturated carbocycles. The summed E-state index contributed by atoms with van der Waals surface area (Å²) in [6.45, 7) is 0. The number of carbonyl (C=O) groups excluding carboxylic acids is 1. The maximum Gasteiger partial charge on any atom is 0.249 e. The molecule has 1 N–H and O–H groups in total. The van der Waals surface area contributed by atoms with Gasteiger partial charge in [0.05, 0.1) is 30.0 Å². The lowest BCUT2D eigenvalue weighted by Crippen LogP contribution is -2.14. The topological polar surface area (TPSA) is 90.3 Å². The lowest BCUT2D eigenvalue weighted by molar-refractivity contribution is -0.111. The fraction of sp³-hybridized carbons (Fsp3) is 0.143. The summed E-state index contributed by atoms with van der Waals surface area (Å²) < 4.78 is 30.8. The van der Waals surface area contributed by atoms with Gasteiger partial charge in [-0.1, -0.05) is 30.3 Å². The molecule has 2 aromatic carbocycles. The van der Waals surface area contributed by atoms with E-state index in [1.54, 1.807) is 42.1 Å². The molecule has 3 aromatic rings. The van der Waals surface area contributed by atoms with Crippen LogP contribution < -0.4 is 10.1 Å². The quantitative estimate of drug-likeness (QED) is 0.655. The maximum atomic E-state index is 12.5. The first-order chi connectivity index (χ1) is 13.9. The van der Waals surface area contributed by atoms with Crippen molar-refractivity contribution in [3.05, 3.63) is 77.5 Å². The highest BCUT2D eigenvalue weighted by Crippen LogP contribution is 2.33. The van der Waals surface area contributed by atoms with E-state index in [1.165, 1.54) is 6.08 Å². The number of amides is 1. The first-order valence-corrected chi connectivity index (χ1v) is 10.8. The van der Waals surface area contributed by atoms with Crippen LogP contribution in [0, 0.1) is 0 Å². The maximum absolute atomic E-state index is 12.5. The lowest BCUT2D eigenvalue weighted by Gasteiger charge is -2.10. The Labute approximate surface area is 168 Å². The average molecular weight is 409 g/mol. The van der Waals surface area contributed by atoms with Crippen LogP contribution >= 0.6 is 0 Å². The van der Waals surface area contributed by atoms with Crippen molar-refractivity contribution in [2.45, 2.75) is 11.5 Å². The van der Waals surface area contributed by atoms with E-state index in [0.29, 0.717) is 28.5 Å². The van der Waals surface area contributed by atoms with Crippen molar-refractivity contribution in [1.82, 2.24) is 9.78 Å². The first-order valence-electron chi connectivity index (χ1n) is 8.95. The molecule has 4 rings (SSSR count). The molecule has 2 heterocycles. The summed E-state index contributed by atoms with van der Waals surface area (Å²) in [5, 5.41) is 7.25. The van der Waals surface area contributed by atoms with E-state index in [0.717, 1.165) is 5.56 Å². The van der Waals surface area contributed by atoms with Gasteiger partial charge in [-0.05, 0) is 35.9 Å². The molecule has 0 radical (unpaired) electrons. The summed E-state index contributed by atoms with van der Waals surface area (Å²) in [5.74, 6) is 0.419. The number of sulfone groups is 1. The smallest absolute Gasteiger partial charge is 0.249 e. The van der Waals surface area contributed by atoms with Crippen LogP contribution in [0.15, 0.2) is 60.7 Å². The van der Waals surface area contributed by atoms with E-state index in [2.05, 4.69) is 10.4 Å². The Morgan fingerprint density at radius 3 is 2.52 bits per heavy atom. The Balaban J connectivity index is 1.67. The Morgan fingerprint density at radius 1 is 1.10 bits per heavy atom. The molecule has 1 aliphatic heterocycles. The van der Waals surface area contributed by atoms with E-state index < -0.39 is 9.84 Å². The molecule has 29 heavy (non-hydrogen) atoms. The molecular weight excluding hydrogens is 390 g/mol. The Kier molecular flexibility index (Phi) is 4.94. The minimum atomic E-state index is -3.25. The van der Waals surface area contributed by atoms with Gasteiger partial charge in [0.2, 0.25) is 5.91 Å². The van der Waals surface area contributed by atoms with Crippen LogP contribution in [-0.2, 0) is 26.1 Å². The molecule has 0 bridgehead atoms. The van der Waals surface area contributed by atoms with Crippen molar-refractivity contribution in [1.29, 1.82) is 0 Å². The molecule has 0 aliphatic carbocycles. The van der Waals surface area contributed by atoms with Gasteiger partial charge in [0, 0.05) is 11.6 Å². The summed E-state index contributed by atoms with van der Waals surface area (Å²) in [6, 6.07) is 16.6. The predicted octanol–water partition coefficient (Wildman–Crippen LogP) is 2.96. The molecule has 1 amide bonds. The number of hydrogen-bond donors (Lipinski definition) is 1. The van der Waals surface area contributed by atoms with Gasteiger partial charge in [0.25, 0.3) is 0 Å². The molecule has 1 aromatic heterocycles. The zero-order valence-electron chi connectivity index (χ0n) is 15.7. The van der Waals surface area contributed by atoms with Gasteiger partial charge in [0.1, 0.15) is 11.6 Å². The summed E-state index contributed by atoms with van der Waals surface area (Å²) in [7, 11) is -1.67. The van der Waals surface area contributed by atoms with Gasteiger partial charge < -0.3 is 10.1 Å². The number of methoxy groups -OCH3 is 1. The van der Waals surface area contributed by atoms with Gasteiger partial charge in [-0.3, -0.25) is 4.79 Å². The fourth-order valence-corrected chi connectivity index (χ4v) is 4.67. The Morgan fingerprint density at radius 2 is 1.83 bits per heavy atom. The second-order valence-electron chi connectivity index (χ2n) is 6.65. The van der Waals surface area contributed by atoms with Crippen molar-refractivity contribution in [2.24, 2.45) is 0 Å². The molecule has 0 saturated heterocycles. The van der Waals surface area contributed by atoms with Gasteiger partial charge in [-0.2, -0.15) is 5.10 Å². The number of nitrogens with one attached hydrogen (secondary N) is 1. The monoisotopic (exact) mass is 409 g/mol. The summed E-state index contributed by atoms with van der Waals surface area (Å²) in [4.78, 5) is 12.5. The fourth-order valence-electron chi connectivity index (χ4n) is 3.18. The van der Waals surface area contributed by atoms with Crippen LogP contribution in [0.4, 0.5) is 5.82 Å². The molecule has 0 fully saturated rings. The molecule has 0 unspecified atom stereocenters. The van der Waals surface area contributed by atoms with E-state index in [4.69, 9.17) is 4.74 Å². The van der Waals surface area contributed by atoms with Crippen LogP contribution in [0.1, 0.15) is 16.8 Å². The van der Waals surface area contributed by atoms with Crippen LogP contribution in [0.5, 0.6) is 5.75 Å². The summed E-state index contributed by atoms with van der Waals surface area (Å²) >= 11 is 0. The van der Waals surface area contributed by atoms with Crippen LogP contribution in [0.3, 0.4) is 0 Å². The molecule has 8 heteroatoms. The van der Waals surface area contributed by atoms with Crippen molar-refractivity contribution >= 4 is 27.6 Å². The largest absolute Gasteiger partial charge is 0.497 e. The van der Waals surface area contributed by atoms with Crippen molar-refractivity contribution < 1.29 is 17.9 Å². The van der Waals surface area contributed by atoms with E-state index in [9.17, 15) is 13.2 Å². The number of fused-ring (bicyclic) bond motifs is 1. The lowest BCUT2D eigenvalue weighted by atomic mass is 10.2. The predicted molar refractivity (Wildman–Crippen MR) is 111 cm³/mol. The third-order valence-electron chi connectivity index (χ3n) is 4.57. The number of anilines is 1. The van der Waals surface area contributed by atoms with Crippen LogP contribution in [-0.4, -0.2) is 31.2 Å². The summed E-state index contributed by atoms with van der Waals surface area (Å²) in [5.41, 5.74) is 2.57. The minimum absolute atomic E-state index is 0.131. The SMILES string of the molecule is COc1ccc(-n2nc3c(c2NC(=O)/C=C\c2ccccc2)CS(=O)(=O)C3)cc1. The second-order valence-corrected chi connectivity index (χ2v) is 8.71. The Bertz CT molecular complexity index is 1180. The van der Waals surface area contributed by atoms with Crippen molar-refractivity contribution in [2.75, 3.05) is 12.4 Å². The number of aromatic nitrogens is 2. The van der Waals surface area contributed by atoms with Gasteiger partial charge in [0.15, 0.2) is 9.84 Å². The zero-order chi connectivity index (χ0) is 20.4. The standard InChI is InChI=1S/C21H19N3O4S/c1-28-17-10-8-16(9-11-17)24-21(18-13-29(26,27)14-19(18)23-24)22-20(25)12-7-15-5-3-2-4-6-15/h2-12H,13-14H2,1H3,(H,22,25)/b12-7-. The van der Waals surface area contributed by atoms with Crippen molar-refractivity contribution in [3.8, 4) is 11.4 Å². The van der Waals surface area contributed by atoms with E-state index >= 15 is 0 Å². The molecule has 0 atom stereocenters. The Hall–Kier alpha value is -3.39. The molecule has 1 aliphatic rings. The van der Waals surface area contributed by atoms with Crippen LogP contribution in [0.25, 0.3) is 11.8 Å². The second kappa shape index (κ2) is 7.56. The number of nitrogens with zero attached hydrogens (tertiary/aromatic N) is 2. The van der Waals surface area contributed by atoms with Crippen molar-refractivity contribution in [3.63, 3.8) is 0 Å². The molecular formula is C21H19N3O4S. The van der Waals surface area contributed by atoms with E-state index in [1.807, 2.05) is 30.3 Å². The van der Waals surface area contributed by atoms with Crippen LogP contribution in [0.2, 0.25) is 0 Å². The minimum Gasteiger partial charge on any atom is -0.497 e. The van der Waals surface area contributed by atoms with Gasteiger partial charge in [-0.25, -0.2) is 13.1 Å². The van der Waals surface area contributed by atoms with Gasteiger partial charge in [-0.15, -0.1) is 0 Å². The van der Waals surface area contributed by atoms with Gasteiger partial charge >= 0.3 is 0 Å². The normalized spacial score (nSPS) is 14.7. The third-order valence-corrected chi connectivity index (χ3v) is 6.01. The number of hydrogen-bond acceptors (Lipinski definition) is 5. The highest BCUT2D eigenvalue weighted by Gasteiger charge is 2.33. The molecule has 148 valence electrons. The number of rotatable bonds is 5. The zero-order valence-corrected chi connectivity index (χ0v) is 16.5. The number of benzene rings is 2. The van der Waals surface area contributed by atoms with E-state index in [-0.39, 0.29) is 17.4 Å². The highest BCUT2D eigenvalue weighted by molar-refractivity contribution is 7.90. The number of ether oxygens (including phenoxy) is 1.